The summed E-state index contributed by atoms with van der Waals surface area (Å²) in [4.78, 5) is 0. The molecule has 132 valence electrons. The maximum atomic E-state index is 5.85. The van der Waals surface area contributed by atoms with E-state index >= 15 is 0 Å². The van der Waals surface area contributed by atoms with E-state index in [4.69, 9.17) is 4.74 Å². The zero-order valence-corrected chi connectivity index (χ0v) is 14.6. The van der Waals surface area contributed by atoms with Crippen molar-refractivity contribution in [3.63, 3.8) is 0 Å². The molecular formula is C22H18N4O. The highest BCUT2D eigenvalue weighted by Crippen LogP contribution is 2.19. The number of aromatic nitrogens is 2. The van der Waals surface area contributed by atoms with Gasteiger partial charge in [-0.2, -0.15) is 10.2 Å². The van der Waals surface area contributed by atoms with Gasteiger partial charge in [-0.1, -0.05) is 66.7 Å². The number of hydrogen-bond donors (Lipinski definition) is 1. The molecule has 0 atom stereocenters. The van der Waals surface area contributed by atoms with Crippen LogP contribution in [0, 0.1) is 0 Å². The summed E-state index contributed by atoms with van der Waals surface area (Å²) in [5.74, 6) is 1.42. The molecule has 27 heavy (non-hydrogen) atoms. The first kappa shape index (κ1) is 16.7. The van der Waals surface area contributed by atoms with Gasteiger partial charge in [0.2, 0.25) is 0 Å². The predicted octanol–water partition coefficient (Wildman–Crippen LogP) is 4.65. The van der Waals surface area contributed by atoms with Crippen molar-refractivity contribution >= 4 is 22.8 Å². The summed E-state index contributed by atoms with van der Waals surface area (Å²) in [5.41, 5.74) is 5.03. The Morgan fingerprint density at radius 3 is 2.70 bits per heavy atom. The standard InChI is InChI=1S/C22H18N4O/c1-2-7-17(8-3-1)16-27-20-11-6-9-18(13-20)14-23-25-22-21-12-5-4-10-19(21)15-24-26-22/h1-15H,16H2,(H,25,26). The fraction of sp³-hybridized carbons (Fsp3) is 0.0455. The number of nitrogens with zero attached hydrogens (tertiary/aromatic N) is 3. The second-order valence-electron chi connectivity index (χ2n) is 6.00. The first-order valence-corrected chi connectivity index (χ1v) is 8.65. The van der Waals surface area contributed by atoms with Crippen LogP contribution in [0.2, 0.25) is 0 Å². The van der Waals surface area contributed by atoms with Gasteiger partial charge in [-0.3, -0.25) is 5.43 Å². The monoisotopic (exact) mass is 354 g/mol. The molecule has 1 N–H and O–H groups in total. The van der Waals surface area contributed by atoms with E-state index in [2.05, 4.69) is 20.7 Å². The normalized spacial score (nSPS) is 11.0. The molecule has 0 aliphatic carbocycles. The highest BCUT2D eigenvalue weighted by atomic mass is 16.5. The topological polar surface area (TPSA) is 59.4 Å². The molecule has 5 heteroatoms. The molecule has 1 heterocycles. The highest BCUT2D eigenvalue weighted by molar-refractivity contribution is 5.91. The zero-order valence-electron chi connectivity index (χ0n) is 14.6. The Hall–Kier alpha value is -3.73. The molecule has 5 nitrogen and oxygen atoms in total. The second kappa shape index (κ2) is 8.10. The van der Waals surface area contributed by atoms with Crippen LogP contribution in [0.3, 0.4) is 0 Å². The fourth-order valence-corrected chi connectivity index (χ4v) is 2.70. The van der Waals surface area contributed by atoms with E-state index in [1.165, 1.54) is 0 Å². The lowest BCUT2D eigenvalue weighted by atomic mass is 10.2. The molecule has 0 amide bonds. The van der Waals surface area contributed by atoms with Crippen LogP contribution in [0.1, 0.15) is 11.1 Å². The SMILES string of the molecule is C(=NNc1nncc2ccccc12)c1cccc(OCc2ccccc2)c1. The number of fused-ring (bicyclic) bond motifs is 1. The van der Waals surface area contributed by atoms with E-state index in [1.807, 2.05) is 78.9 Å². The number of ether oxygens (including phenoxy) is 1. The summed E-state index contributed by atoms with van der Waals surface area (Å²) >= 11 is 0. The van der Waals surface area contributed by atoms with Crippen LogP contribution in [-0.2, 0) is 6.61 Å². The molecule has 1 aromatic heterocycles. The zero-order chi connectivity index (χ0) is 18.3. The Balaban J connectivity index is 1.43. The quantitative estimate of drug-likeness (QED) is 0.404. The van der Waals surface area contributed by atoms with Crippen molar-refractivity contribution in [1.29, 1.82) is 0 Å². The van der Waals surface area contributed by atoms with Crippen LogP contribution in [0.4, 0.5) is 5.82 Å². The minimum absolute atomic E-state index is 0.533. The van der Waals surface area contributed by atoms with Crippen molar-refractivity contribution < 1.29 is 4.74 Å². The summed E-state index contributed by atoms with van der Waals surface area (Å²) in [6.07, 6.45) is 3.47. The van der Waals surface area contributed by atoms with Gasteiger partial charge in [-0.15, -0.1) is 5.10 Å². The largest absolute Gasteiger partial charge is 0.489 e. The maximum absolute atomic E-state index is 5.85. The fourth-order valence-electron chi connectivity index (χ4n) is 2.70. The van der Waals surface area contributed by atoms with Crippen molar-refractivity contribution in [3.05, 3.63) is 96.2 Å². The summed E-state index contributed by atoms with van der Waals surface area (Å²) in [6.45, 7) is 0.533. The first-order chi connectivity index (χ1) is 13.4. The number of anilines is 1. The van der Waals surface area contributed by atoms with Gasteiger partial charge in [0.15, 0.2) is 5.82 Å². The van der Waals surface area contributed by atoms with Crippen LogP contribution in [0.25, 0.3) is 10.8 Å². The molecule has 0 unspecified atom stereocenters. The number of hydrazone groups is 1. The Kier molecular flexibility index (Phi) is 5.02. The molecule has 0 saturated heterocycles. The third kappa shape index (κ3) is 4.27. The summed E-state index contributed by atoms with van der Waals surface area (Å²) < 4.78 is 5.85. The lowest BCUT2D eigenvalue weighted by Crippen LogP contribution is -1.97. The van der Waals surface area contributed by atoms with Gasteiger partial charge >= 0.3 is 0 Å². The average Bonchev–Trinajstić information content (AvgIpc) is 2.74. The lowest BCUT2D eigenvalue weighted by molar-refractivity contribution is 0.306. The molecule has 0 aliphatic heterocycles. The van der Waals surface area contributed by atoms with Gasteiger partial charge in [0.25, 0.3) is 0 Å². The molecule has 0 saturated carbocycles. The van der Waals surface area contributed by atoms with E-state index in [0.29, 0.717) is 12.4 Å². The van der Waals surface area contributed by atoms with Crippen molar-refractivity contribution in [2.45, 2.75) is 6.61 Å². The Bertz CT molecular complexity index is 1060. The number of hydrogen-bond acceptors (Lipinski definition) is 5. The third-order valence-corrected chi connectivity index (χ3v) is 4.06. The van der Waals surface area contributed by atoms with Crippen LogP contribution < -0.4 is 10.2 Å². The molecule has 0 radical (unpaired) electrons. The predicted molar refractivity (Wildman–Crippen MR) is 108 cm³/mol. The summed E-state index contributed by atoms with van der Waals surface area (Å²) in [6, 6.07) is 25.8. The third-order valence-electron chi connectivity index (χ3n) is 4.06. The van der Waals surface area contributed by atoms with Crippen LogP contribution in [0.5, 0.6) is 5.75 Å². The van der Waals surface area contributed by atoms with Crippen LogP contribution >= 0.6 is 0 Å². The van der Waals surface area contributed by atoms with E-state index in [1.54, 1.807) is 12.4 Å². The number of rotatable bonds is 6. The average molecular weight is 354 g/mol. The van der Waals surface area contributed by atoms with E-state index in [-0.39, 0.29) is 0 Å². The van der Waals surface area contributed by atoms with E-state index < -0.39 is 0 Å². The summed E-state index contributed by atoms with van der Waals surface area (Å²) in [5, 5.41) is 14.4. The molecule has 0 fully saturated rings. The smallest absolute Gasteiger partial charge is 0.176 e. The molecule has 3 aromatic carbocycles. The first-order valence-electron chi connectivity index (χ1n) is 8.65. The van der Waals surface area contributed by atoms with Crippen molar-refractivity contribution in [3.8, 4) is 5.75 Å². The van der Waals surface area contributed by atoms with Crippen LogP contribution in [0.15, 0.2) is 90.2 Å². The minimum Gasteiger partial charge on any atom is -0.489 e. The van der Waals surface area contributed by atoms with Crippen molar-refractivity contribution in [1.82, 2.24) is 10.2 Å². The Morgan fingerprint density at radius 2 is 1.78 bits per heavy atom. The molecule has 0 spiro atoms. The van der Waals surface area contributed by atoms with E-state index in [0.717, 1.165) is 27.6 Å². The van der Waals surface area contributed by atoms with Gasteiger partial charge in [0, 0.05) is 10.8 Å². The van der Waals surface area contributed by atoms with Gasteiger partial charge in [0.05, 0.1) is 12.4 Å². The molecular weight excluding hydrogens is 336 g/mol. The Morgan fingerprint density at radius 1 is 0.926 bits per heavy atom. The van der Waals surface area contributed by atoms with Gasteiger partial charge in [-0.25, -0.2) is 0 Å². The van der Waals surface area contributed by atoms with Gasteiger partial charge in [-0.05, 0) is 23.3 Å². The lowest BCUT2D eigenvalue weighted by Gasteiger charge is -2.07. The number of benzene rings is 3. The van der Waals surface area contributed by atoms with Crippen molar-refractivity contribution in [2.24, 2.45) is 5.10 Å². The molecule has 0 aliphatic rings. The Labute approximate surface area is 157 Å². The van der Waals surface area contributed by atoms with Gasteiger partial charge < -0.3 is 4.74 Å². The molecule has 4 rings (SSSR count). The van der Waals surface area contributed by atoms with Gasteiger partial charge in [0.1, 0.15) is 12.4 Å². The second-order valence-corrected chi connectivity index (χ2v) is 6.00. The molecule has 0 bridgehead atoms. The summed E-state index contributed by atoms with van der Waals surface area (Å²) in [7, 11) is 0. The maximum Gasteiger partial charge on any atom is 0.176 e. The van der Waals surface area contributed by atoms with Crippen molar-refractivity contribution in [2.75, 3.05) is 5.43 Å². The number of nitrogens with one attached hydrogen (secondary N) is 1. The minimum atomic E-state index is 0.533. The van der Waals surface area contributed by atoms with E-state index in [9.17, 15) is 0 Å². The molecule has 4 aromatic rings. The highest BCUT2D eigenvalue weighted by Gasteiger charge is 2.01. The van der Waals surface area contributed by atoms with Crippen LogP contribution in [-0.4, -0.2) is 16.4 Å².